The molecule has 2 heterocycles. The highest BCUT2D eigenvalue weighted by molar-refractivity contribution is 7.15. The first-order chi connectivity index (χ1) is 10.7. The number of alkyl halides is 1. The molecule has 2 aromatic rings. The highest BCUT2D eigenvalue weighted by Crippen LogP contribution is 2.34. The number of amides is 1. The van der Waals surface area contributed by atoms with E-state index in [0.717, 1.165) is 28.4 Å². The second-order valence-corrected chi connectivity index (χ2v) is 6.64. The smallest absolute Gasteiger partial charge is 0.220 e. The van der Waals surface area contributed by atoms with Crippen LogP contribution in [0.1, 0.15) is 23.9 Å². The lowest BCUT2D eigenvalue weighted by atomic mass is 10.2. The van der Waals surface area contributed by atoms with E-state index in [-0.39, 0.29) is 5.91 Å². The van der Waals surface area contributed by atoms with Crippen LogP contribution in [0.25, 0.3) is 10.6 Å². The van der Waals surface area contributed by atoms with Crippen molar-refractivity contribution in [3.8, 4) is 16.3 Å². The van der Waals surface area contributed by atoms with Gasteiger partial charge in [0.2, 0.25) is 5.91 Å². The van der Waals surface area contributed by atoms with Gasteiger partial charge in [0.1, 0.15) is 10.8 Å². The lowest BCUT2D eigenvalue weighted by Gasteiger charge is -2.11. The third kappa shape index (κ3) is 3.25. The standard InChI is InChI=1S/C16H17ClN2O2S/c1-11(20)19-9-14-15(10-19)22-16(18-14)12-3-5-13(6-4-12)21-8-2-7-17/h3-6H,2,7-10H2,1H3. The van der Waals surface area contributed by atoms with Crippen LogP contribution >= 0.6 is 22.9 Å². The molecule has 1 amide bonds. The van der Waals surface area contributed by atoms with E-state index in [0.29, 0.717) is 25.6 Å². The lowest BCUT2D eigenvalue weighted by Crippen LogP contribution is -2.22. The number of nitrogens with zero attached hydrogens (tertiary/aromatic N) is 2. The van der Waals surface area contributed by atoms with Crippen LogP contribution in [0, 0.1) is 0 Å². The van der Waals surface area contributed by atoms with Gasteiger partial charge in [0.05, 0.1) is 25.4 Å². The van der Waals surface area contributed by atoms with E-state index in [1.54, 1.807) is 18.3 Å². The molecule has 0 bridgehead atoms. The van der Waals surface area contributed by atoms with Gasteiger partial charge in [-0.25, -0.2) is 4.98 Å². The molecule has 0 radical (unpaired) electrons. The van der Waals surface area contributed by atoms with E-state index in [2.05, 4.69) is 4.98 Å². The Labute approximate surface area is 138 Å². The number of ether oxygens (including phenoxy) is 1. The first kappa shape index (κ1) is 15.3. The molecule has 1 aromatic carbocycles. The second-order valence-electron chi connectivity index (χ2n) is 5.18. The summed E-state index contributed by atoms with van der Waals surface area (Å²) in [5.74, 6) is 1.56. The van der Waals surface area contributed by atoms with E-state index in [9.17, 15) is 4.79 Å². The van der Waals surface area contributed by atoms with Crippen molar-refractivity contribution in [3.63, 3.8) is 0 Å². The summed E-state index contributed by atoms with van der Waals surface area (Å²) < 4.78 is 5.59. The van der Waals surface area contributed by atoms with Gasteiger partial charge in [-0.15, -0.1) is 22.9 Å². The van der Waals surface area contributed by atoms with Gasteiger partial charge < -0.3 is 9.64 Å². The number of benzene rings is 1. The average molecular weight is 337 g/mol. The predicted molar refractivity (Wildman–Crippen MR) is 88.3 cm³/mol. The summed E-state index contributed by atoms with van der Waals surface area (Å²) in [6, 6.07) is 7.95. The van der Waals surface area contributed by atoms with Crippen molar-refractivity contribution in [2.45, 2.75) is 26.4 Å². The molecule has 6 heteroatoms. The fraction of sp³-hybridized carbons (Fsp3) is 0.375. The van der Waals surface area contributed by atoms with Crippen LogP contribution in [-0.4, -0.2) is 28.3 Å². The Bertz CT molecular complexity index is 646. The number of thiazole rings is 1. The van der Waals surface area contributed by atoms with Gasteiger partial charge in [-0.2, -0.15) is 0 Å². The van der Waals surface area contributed by atoms with Crippen molar-refractivity contribution in [2.75, 3.05) is 12.5 Å². The molecule has 0 N–H and O–H groups in total. The zero-order chi connectivity index (χ0) is 15.5. The Morgan fingerprint density at radius 2 is 2.14 bits per heavy atom. The first-order valence-corrected chi connectivity index (χ1v) is 8.56. The first-order valence-electron chi connectivity index (χ1n) is 7.20. The van der Waals surface area contributed by atoms with Crippen LogP contribution < -0.4 is 4.74 Å². The molecular weight excluding hydrogens is 320 g/mol. The SMILES string of the molecule is CC(=O)N1Cc2nc(-c3ccc(OCCCCl)cc3)sc2C1. The topological polar surface area (TPSA) is 42.4 Å². The predicted octanol–water partition coefficient (Wildman–Crippen LogP) is 3.68. The Balaban J connectivity index is 1.68. The molecule has 116 valence electrons. The summed E-state index contributed by atoms with van der Waals surface area (Å²) in [5.41, 5.74) is 2.11. The summed E-state index contributed by atoms with van der Waals surface area (Å²) in [7, 11) is 0. The number of halogens is 1. The van der Waals surface area contributed by atoms with Gasteiger partial charge in [0.15, 0.2) is 0 Å². The molecular formula is C16H17ClN2O2S. The van der Waals surface area contributed by atoms with Crippen molar-refractivity contribution in [3.05, 3.63) is 34.8 Å². The zero-order valence-corrected chi connectivity index (χ0v) is 13.9. The maximum Gasteiger partial charge on any atom is 0.220 e. The van der Waals surface area contributed by atoms with Gasteiger partial charge >= 0.3 is 0 Å². The van der Waals surface area contributed by atoms with E-state index >= 15 is 0 Å². The maximum atomic E-state index is 11.4. The van der Waals surface area contributed by atoms with Crippen LogP contribution in [0.2, 0.25) is 0 Å². The van der Waals surface area contributed by atoms with E-state index in [1.165, 1.54) is 4.88 Å². The third-order valence-corrected chi connectivity index (χ3v) is 4.95. The number of rotatable bonds is 5. The molecule has 0 aliphatic carbocycles. The normalized spacial score (nSPS) is 13.3. The van der Waals surface area contributed by atoms with Crippen LogP contribution in [0.4, 0.5) is 0 Å². The molecule has 0 saturated carbocycles. The fourth-order valence-electron chi connectivity index (χ4n) is 2.32. The molecule has 0 fully saturated rings. The average Bonchev–Trinajstić information content (AvgIpc) is 3.07. The quantitative estimate of drug-likeness (QED) is 0.618. The van der Waals surface area contributed by atoms with Crippen molar-refractivity contribution < 1.29 is 9.53 Å². The number of hydrogen-bond donors (Lipinski definition) is 0. The number of carbonyl (C=O) groups excluding carboxylic acids is 1. The number of hydrogen-bond acceptors (Lipinski definition) is 4. The Morgan fingerprint density at radius 3 is 2.77 bits per heavy atom. The van der Waals surface area contributed by atoms with Crippen molar-refractivity contribution in [1.29, 1.82) is 0 Å². The molecule has 1 aromatic heterocycles. The lowest BCUT2D eigenvalue weighted by molar-refractivity contribution is -0.129. The second kappa shape index (κ2) is 6.67. The molecule has 1 aliphatic heterocycles. The summed E-state index contributed by atoms with van der Waals surface area (Å²) in [6.07, 6.45) is 0.842. The van der Waals surface area contributed by atoms with E-state index < -0.39 is 0 Å². The molecule has 0 unspecified atom stereocenters. The summed E-state index contributed by atoms with van der Waals surface area (Å²) in [4.78, 5) is 19.1. The molecule has 4 nitrogen and oxygen atoms in total. The molecule has 0 spiro atoms. The van der Waals surface area contributed by atoms with Gasteiger partial charge in [-0.1, -0.05) is 0 Å². The monoisotopic (exact) mass is 336 g/mol. The zero-order valence-electron chi connectivity index (χ0n) is 12.3. The van der Waals surface area contributed by atoms with Crippen LogP contribution in [0.15, 0.2) is 24.3 Å². The minimum Gasteiger partial charge on any atom is -0.494 e. The number of carbonyl (C=O) groups is 1. The minimum absolute atomic E-state index is 0.102. The molecule has 0 saturated heterocycles. The largest absolute Gasteiger partial charge is 0.494 e. The minimum atomic E-state index is 0.102. The van der Waals surface area contributed by atoms with Gasteiger partial charge in [-0.3, -0.25) is 4.79 Å². The van der Waals surface area contributed by atoms with Gasteiger partial charge in [0.25, 0.3) is 0 Å². The Hall–Kier alpha value is -1.59. The highest BCUT2D eigenvalue weighted by Gasteiger charge is 2.25. The third-order valence-electron chi connectivity index (χ3n) is 3.55. The molecule has 0 atom stereocenters. The van der Waals surface area contributed by atoms with Crippen molar-refractivity contribution in [2.24, 2.45) is 0 Å². The summed E-state index contributed by atoms with van der Waals surface area (Å²) >= 11 is 7.29. The van der Waals surface area contributed by atoms with Crippen LogP contribution in [-0.2, 0) is 17.9 Å². The Morgan fingerprint density at radius 1 is 1.36 bits per heavy atom. The van der Waals surface area contributed by atoms with Crippen LogP contribution in [0.3, 0.4) is 0 Å². The fourth-order valence-corrected chi connectivity index (χ4v) is 3.53. The highest BCUT2D eigenvalue weighted by atomic mass is 35.5. The van der Waals surface area contributed by atoms with Crippen LogP contribution in [0.5, 0.6) is 5.75 Å². The summed E-state index contributed by atoms with van der Waals surface area (Å²) in [6.45, 7) is 3.54. The maximum absolute atomic E-state index is 11.4. The van der Waals surface area contributed by atoms with E-state index in [4.69, 9.17) is 16.3 Å². The summed E-state index contributed by atoms with van der Waals surface area (Å²) in [5, 5.41) is 1.00. The Kier molecular flexibility index (Phi) is 4.64. The molecule has 3 rings (SSSR count). The van der Waals surface area contributed by atoms with Gasteiger partial charge in [-0.05, 0) is 30.7 Å². The van der Waals surface area contributed by atoms with E-state index in [1.807, 2.05) is 29.2 Å². The molecule has 22 heavy (non-hydrogen) atoms. The molecule has 1 aliphatic rings. The van der Waals surface area contributed by atoms with Crippen molar-refractivity contribution >= 4 is 28.8 Å². The number of fused-ring (bicyclic) bond motifs is 1. The van der Waals surface area contributed by atoms with Crippen molar-refractivity contribution in [1.82, 2.24) is 9.88 Å². The number of aromatic nitrogens is 1. The van der Waals surface area contributed by atoms with Gasteiger partial charge in [0, 0.05) is 23.2 Å².